The average molecular weight is 574 g/mol. The Balaban J connectivity index is 1.06. The number of fused-ring (bicyclic) bond motifs is 4. The maximum Gasteiger partial charge on any atom is 0.407 e. The second-order valence-electron chi connectivity index (χ2n) is 10.9. The van der Waals surface area contributed by atoms with Crippen LogP contribution in [0.4, 0.5) is 4.79 Å². The molecular formula is C30H31N5O5S. The van der Waals surface area contributed by atoms with Crippen molar-refractivity contribution < 1.29 is 23.9 Å². The lowest BCUT2D eigenvalue weighted by molar-refractivity contribution is -0.143. The normalized spacial score (nSPS) is 25.4. The van der Waals surface area contributed by atoms with Gasteiger partial charge in [-0.05, 0) is 47.9 Å². The van der Waals surface area contributed by atoms with Gasteiger partial charge in [-0.2, -0.15) is 5.26 Å². The van der Waals surface area contributed by atoms with Gasteiger partial charge in [0.05, 0.1) is 11.4 Å². The number of hydrogen-bond donors (Lipinski definition) is 3. The highest BCUT2D eigenvalue weighted by Crippen LogP contribution is 2.44. The number of rotatable bonds is 7. The summed E-state index contributed by atoms with van der Waals surface area (Å²) >= 11 is 1.52. The molecule has 4 amide bonds. The van der Waals surface area contributed by atoms with E-state index in [-0.39, 0.29) is 42.1 Å². The van der Waals surface area contributed by atoms with Gasteiger partial charge in [-0.3, -0.25) is 14.4 Å². The lowest BCUT2D eigenvalue weighted by atomic mass is 9.98. The van der Waals surface area contributed by atoms with Gasteiger partial charge in [0.2, 0.25) is 17.7 Å². The summed E-state index contributed by atoms with van der Waals surface area (Å²) in [4.78, 5) is 53.0. The number of nitrogens with one attached hydrogen (secondary N) is 3. The maximum atomic E-state index is 13.5. The number of alkyl carbamates (subject to hydrolysis) is 1. The number of piperidine rings is 1. The van der Waals surface area contributed by atoms with Crippen LogP contribution in [0.3, 0.4) is 0 Å². The second kappa shape index (κ2) is 11.4. The van der Waals surface area contributed by atoms with Crippen molar-refractivity contribution in [3.8, 4) is 17.2 Å². The first kappa shape index (κ1) is 27.1. The molecule has 1 unspecified atom stereocenters. The lowest BCUT2D eigenvalue weighted by Crippen LogP contribution is -2.59. The molecule has 0 radical (unpaired) electrons. The average Bonchev–Trinajstić information content (AvgIpc) is 3.69. The molecule has 10 nitrogen and oxygen atoms in total. The van der Waals surface area contributed by atoms with Crippen LogP contribution in [0.25, 0.3) is 11.1 Å². The molecule has 41 heavy (non-hydrogen) atoms. The molecule has 0 aromatic heterocycles. The maximum absolute atomic E-state index is 13.5. The predicted octanol–water partition coefficient (Wildman–Crippen LogP) is 2.49. The van der Waals surface area contributed by atoms with Gasteiger partial charge in [-0.25, -0.2) is 4.79 Å². The first-order valence-corrected chi connectivity index (χ1v) is 15.0. The molecule has 1 aliphatic carbocycles. The number of thioether (sulfide) groups is 1. The van der Waals surface area contributed by atoms with Crippen molar-refractivity contribution in [3.63, 3.8) is 0 Å². The molecule has 0 spiro atoms. The van der Waals surface area contributed by atoms with E-state index in [0.717, 1.165) is 22.3 Å². The van der Waals surface area contributed by atoms with Crippen molar-refractivity contribution in [1.29, 1.82) is 5.26 Å². The van der Waals surface area contributed by atoms with E-state index in [2.05, 4.69) is 34.2 Å². The van der Waals surface area contributed by atoms with Crippen LogP contribution >= 0.6 is 11.8 Å². The minimum absolute atomic E-state index is 0.0916. The zero-order chi connectivity index (χ0) is 28.5. The first-order chi connectivity index (χ1) is 19.9. The van der Waals surface area contributed by atoms with Crippen LogP contribution in [-0.4, -0.2) is 71.1 Å². The Morgan fingerprint density at radius 1 is 1.07 bits per heavy atom. The summed E-state index contributed by atoms with van der Waals surface area (Å²) < 4.78 is 5.64. The van der Waals surface area contributed by atoms with Crippen molar-refractivity contribution >= 4 is 35.6 Å². The first-order valence-electron chi connectivity index (χ1n) is 14.0. The molecule has 2 aromatic rings. The minimum Gasteiger partial charge on any atom is -0.449 e. The molecule has 5 atom stereocenters. The summed E-state index contributed by atoms with van der Waals surface area (Å²) in [6.07, 6.45) is 1.26. The fourth-order valence-electron chi connectivity index (χ4n) is 6.38. The summed E-state index contributed by atoms with van der Waals surface area (Å²) in [5.41, 5.74) is 4.47. The molecule has 0 bridgehead atoms. The van der Waals surface area contributed by atoms with E-state index in [1.165, 1.54) is 16.7 Å². The van der Waals surface area contributed by atoms with Crippen LogP contribution in [-0.2, 0) is 19.1 Å². The van der Waals surface area contributed by atoms with Crippen molar-refractivity contribution in [1.82, 2.24) is 20.9 Å². The van der Waals surface area contributed by atoms with E-state index in [4.69, 9.17) is 4.74 Å². The molecule has 3 N–H and O–H groups in total. The van der Waals surface area contributed by atoms with E-state index < -0.39 is 30.1 Å². The van der Waals surface area contributed by atoms with E-state index in [1.54, 1.807) is 0 Å². The number of amides is 4. The summed E-state index contributed by atoms with van der Waals surface area (Å²) in [6.45, 7) is 0.708. The summed E-state index contributed by atoms with van der Waals surface area (Å²) in [7, 11) is 0. The highest BCUT2D eigenvalue weighted by atomic mass is 32.2. The zero-order valence-electron chi connectivity index (χ0n) is 22.4. The Hall–Kier alpha value is -4.04. The smallest absolute Gasteiger partial charge is 0.407 e. The highest BCUT2D eigenvalue weighted by Gasteiger charge is 2.47. The van der Waals surface area contributed by atoms with Crippen LogP contribution in [0.1, 0.15) is 42.7 Å². The Labute approximate surface area is 242 Å². The predicted molar refractivity (Wildman–Crippen MR) is 151 cm³/mol. The standard InChI is InChI=1S/C30H31N5O5S/c31-14-18(13-17-11-12-32-27(17)36)33-28(37)25-16-41-26-10-9-24(29(38)35(25)26)34-30(39)40-15-23-21-7-3-1-5-19(21)20-6-2-4-8-22(20)23/h1-8,17-18,23-26H,9-13,15-16H2,(H,32,36)(H,33,37)(H,34,39)/t17-,18-,24-,25?,26-/m0/s1. The monoisotopic (exact) mass is 573 g/mol. The molecule has 3 saturated heterocycles. The molecular weight excluding hydrogens is 542 g/mol. The van der Waals surface area contributed by atoms with Gasteiger partial charge in [0.1, 0.15) is 24.7 Å². The number of benzene rings is 2. The summed E-state index contributed by atoms with van der Waals surface area (Å²) in [6, 6.07) is 15.8. The Morgan fingerprint density at radius 3 is 2.44 bits per heavy atom. The van der Waals surface area contributed by atoms with Gasteiger partial charge in [-0.1, -0.05) is 48.5 Å². The number of nitriles is 1. The van der Waals surface area contributed by atoms with Crippen LogP contribution in [0.2, 0.25) is 0 Å². The van der Waals surface area contributed by atoms with Crippen LogP contribution in [0.5, 0.6) is 0 Å². The third-order valence-electron chi connectivity index (χ3n) is 8.44. The summed E-state index contributed by atoms with van der Waals surface area (Å²) in [5.74, 6) is -0.853. The Kier molecular flexibility index (Phi) is 7.58. The molecule has 6 rings (SSSR count). The third-order valence-corrected chi connectivity index (χ3v) is 9.80. The molecule has 3 heterocycles. The molecule has 3 fully saturated rings. The van der Waals surface area contributed by atoms with Crippen molar-refractivity contribution in [3.05, 3.63) is 59.7 Å². The van der Waals surface area contributed by atoms with Crippen molar-refractivity contribution in [2.75, 3.05) is 18.9 Å². The fraction of sp³-hybridized carbons (Fsp3) is 0.433. The van der Waals surface area contributed by atoms with Gasteiger partial charge < -0.3 is 25.6 Å². The molecule has 212 valence electrons. The highest BCUT2D eigenvalue weighted by molar-refractivity contribution is 8.00. The molecule has 0 saturated carbocycles. The SMILES string of the molecule is N#C[C@H](C[C@@H]1CCNC1=O)NC(=O)C1CS[C@H]2CC[C@H](NC(=O)OCC3c4ccccc4-c4ccccc43)C(=O)N12. The minimum atomic E-state index is -0.824. The van der Waals surface area contributed by atoms with Crippen LogP contribution in [0, 0.1) is 17.2 Å². The number of hydrogen-bond acceptors (Lipinski definition) is 7. The second-order valence-corrected chi connectivity index (χ2v) is 12.1. The van der Waals surface area contributed by atoms with Crippen molar-refractivity contribution in [2.45, 2.75) is 55.1 Å². The van der Waals surface area contributed by atoms with Gasteiger partial charge >= 0.3 is 6.09 Å². The topological polar surface area (TPSA) is 141 Å². The van der Waals surface area contributed by atoms with Crippen molar-refractivity contribution in [2.24, 2.45) is 5.92 Å². The van der Waals surface area contributed by atoms with Gasteiger partial charge in [0, 0.05) is 24.1 Å². The number of ether oxygens (including phenoxy) is 1. The lowest BCUT2D eigenvalue weighted by Gasteiger charge is -2.37. The largest absolute Gasteiger partial charge is 0.449 e. The third kappa shape index (κ3) is 5.24. The molecule has 3 aliphatic heterocycles. The zero-order valence-corrected chi connectivity index (χ0v) is 23.2. The van der Waals surface area contributed by atoms with Crippen LogP contribution in [0.15, 0.2) is 48.5 Å². The van der Waals surface area contributed by atoms with Gasteiger partial charge in [0.15, 0.2) is 0 Å². The van der Waals surface area contributed by atoms with E-state index in [9.17, 15) is 24.4 Å². The van der Waals surface area contributed by atoms with E-state index in [0.29, 0.717) is 31.6 Å². The fourth-order valence-corrected chi connectivity index (χ4v) is 7.81. The number of carbonyl (C=O) groups excluding carboxylic acids is 4. The number of nitrogens with zero attached hydrogens (tertiary/aromatic N) is 2. The molecule has 2 aromatic carbocycles. The van der Waals surface area contributed by atoms with Gasteiger partial charge in [0.25, 0.3) is 0 Å². The quantitative estimate of drug-likeness (QED) is 0.462. The summed E-state index contributed by atoms with van der Waals surface area (Å²) in [5, 5.41) is 17.6. The molecule has 11 heteroatoms. The van der Waals surface area contributed by atoms with E-state index in [1.807, 2.05) is 36.4 Å². The number of carbonyl (C=O) groups is 4. The van der Waals surface area contributed by atoms with Crippen LogP contribution < -0.4 is 16.0 Å². The van der Waals surface area contributed by atoms with Gasteiger partial charge in [-0.15, -0.1) is 11.8 Å². The Morgan fingerprint density at radius 2 is 1.78 bits per heavy atom. The molecule has 4 aliphatic rings. The van der Waals surface area contributed by atoms with E-state index >= 15 is 0 Å². The Bertz CT molecular complexity index is 1380.